The first-order chi connectivity index (χ1) is 14.4. The van der Waals surface area contributed by atoms with Gasteiger partial charge in [-0.3, -0.25) is 25.8 Å². The van der Waals surface area contributed by atoms with Gasteiger partial charge in [-0.25, -0.2) is 0 Å². The molecule has 0 heterocycles. The molecule has 30 heavy (non-hydrogen) atoms. The van der Waals surface area contributed by atoms with Crippen LogP contribution in [0.25, 0.3) is 0 Å². The number of nitrogens with one attached hydrogen (secondary N) is 3. The summed E-state index contributed by atoms with van der Waals surface area (Å²) < 4.78 is 10.8. The van der Waals surface area contributed by atoms with Crippen molar-refractivity contribution in [2.75, 3.05) is 13.7 Å². The van der Waals surface area contributed by atoms with Crippen molar-refractivity contribution in [2.24, 2.45) is 5.92 Å². The Bertz CT molecular complexity index is 869. The van der Waals surface area contributed by atoms with E-state index in [1.54, 1.807) is 55.6 Å². The average molecular weight is 430 g/mol. The van der Waals surface area contributed by atoms with Crippen LogP contribution in [0.4, 0.5) is 0 Å². The Hall–Kier alpha value is -3.13. The fraction of sp³-hybridized carbons (Fsp3) is 0.318. The molecule has 8 heteroatoms. The highest BCUT2D eigenvalue weighted by Gasteiger charge is 2.14. The van der Waals surface area contributed by atoms with Crippen LogP contribution in [0.15, 0.2) is 48.5 Å². The molecular weight excluding hydrogens is 402 g/mol. The quantitative estimate of drug-likeness (QED) is 0.442. The summed E-state index contributed by atoms with van der Waals surface area (Å²) in [6.07, 6.45) is 1.04. The van der Waals surface area contributed by atoms with Gasteiger partial charge >= 0.3 is 0 Å². The Morgan fingerprint density at radius 3 is 2.40 bits per heavy atom. The zero-order chi connectivity index (χ0) is 21.9. The molecule has 0 radical (unpaired) electrons. The maximum Gasteiger partial charge on any atom is 0.261 e. The van der Waals surface area contributed by atoms with E-state index in [0.29, 0.717) is 23.8 Å². The minimum Gasteiger partial charge on any atom is -0.497 e. The van der Waals surface area contributed by atoms with Crippen LogP contribution in [0.5, 0.6) is 11.5 Å². The molecule has 7 nitrogen and oxygen atoms in total. The number of hydrogen-bond acceptors (Lipinski definition) is 5. The van der Waals surface area contributed by atoms with Gasteiger partial charge in [0.1, 0.15) is 11.5 Å². The molecular formula is C22H27N3O4S. The first kappa shape index (κ1) is 23.2. The monoisotopic (exact) mass is 429 g/mol. The minimum atomic E-state index is -0.419. The van der Waals surface area contributed by atoms with Crippen molar-refractivity contribution < 1.29 is 19.1 Å². The van der Waals surface area contributed by atoms with Crippen molar-refractivity contribution >= 4 is 29.1 Å². The van der Waals surface area contributed by atoms with E-state index in [4.69, 9.17) is 21.7 Å². The molecule has 0 aliphatic carbocycles. The summed E-state index contributed by atoms with van der Waals surface area (Å²) in [6.45, 7) is 4.73. The van der Waals surface area contributed by atoms with Gasteiger partial charge in [-0.05, 0) is 54.4 Å². The van der Waals surface area contributed by atoms with Crippen molar-refractivity contribution in [3.05, 3.63) is 59.7 Å². The van der Waals surface area contributed by atoms with Crippen molar-refractivity contribution in [3.63, 3.8) is 0 Å². The smallest absolute Gasteiger partial charge is 0.261 e. The summed E-state index contributed by atoms with van der Waals surface area (Å²) in [5, 5.41) is 2.53. The lowest BCUT2D eigenvalue weighted by Crippen LogP contribution is -2.48. The molecule has 0 aromatic heterocycles. The molecule has 3 N–H and O–H groups in total. The van der Waals surface area contributed by atoms with Gasteiger partial charge in [0.25, 0.3) is 5.91 Å². The van der Waals surface area contributed by atoms with Gasteiger partial charge in [0.15, 0.2) is 5.11 Å². The molecule has 0 aliphatic heterocycles. The highest BCUT2D eigenvalue weighted by molar-refractivity contribution is 7.80. The fourth-order valence-corrected chi connectivity index (χ4v) is 2.63. The molecule has 2 rings (SSSR count). The molecule has 0 saturated carbocycles. The van der Waals surface area contributed by atoms with Gasteiger partial charge in [-0.15, -0.1) is 0 Å². The summed E-state index contributed by atoms with van der Waals surface area (Å²) in [4.78, 5) is 24.6. The van der Waals surface area contributed by atoms with Crippen molar-refractivity contribution in [1.29, 1.82) is 0 Å². The summed E-state index contributed by atoms with van der Waals surface area (Å²) in [5.74, 6) is 0.993. The van der Waals surface area contributed by atoms with Gasteiger partial charge in [0, 0.05) is 0 Å². The third kappa shape index (κ3) is 7.71. The van der Waals surface area contributed by atoms with Crippen LogP contribution in [0, 0.1) is 5.92 Å². The Morgan fingerprint density at radius 1 is 1.03 bits per heavy atom. The first-order valence-electron chi connectivity index (χ1n) is 9.64. The second-order valence-electron chi connectivity index (χ2n) is 7.01. The third-order valence-electron chi connectivity index (χ3n) is 4.15. The number of rotatable bonds is 8. The maximum absolute atomic E-state index is 12.5. The molecule has 2 aromatic rings. The standard InChI is InChI=1S/C22H27N3O4S/c1-15(2)12-13-29-19-7-5-4-6-18(19)21(27)23-22(30)25-24-20(26)14-16-8-10-17(28-3)11-9-16/h4-11,15H,12-14H2,1-3H3,(H,24,26)(H2,23,25,27,30). The van der Waals surface area contributed by atoms with Crippen LogP contribution in [0.3, 0.4) is 0 Å². The van der Waals surface area contributed by atoms with Crippen LogP contribution in [-0.4, -0.2) is 30.6 Å². The Morgan fingerprint density at radius 2 is 1.73 bits per heavy atom. The van der Waals surface area contributed by atoms with Crippen molar-refractivity contribution in [1.82, 2.24) is 16.2 Å². The van der Waals surface area contributed by atoms with E-state index >= 15 is 0 Å². The van der Waals surface area contributed by atoms with E-state index in [-0.39, 0.29) is 17.4 Å². The molecule has 0 aliphatic rings. The van der Waals surface area contributed by atoms with Crippen LogP contribution in [0.1, 0.15) is 36.2 Å². The number of para-hydroxylation sites is 1. The summed E-state index contributed by atoms with van der Waals surface area (Å²) in [7, 11) is 1.58. The van der Waals surface area contributed by atoms with Gasteiger partial charge in [0.05, 0.1) is 25.7 Å². The highest BCUT2D eigenvalue weighted by atomic mass is 32.1. The number of hydrazine groups is 1. The molecule has 2 aromatic carbocycles. The summed E-state index contributed by atoms with van der Waals surface area (Å²) >= 11 is 5.10. The number of hydrogen-bond donors (Lipinski definition) is 3. The maximum atomic E-state index is 12.5. The van der Waals surface area contributed by atoms with Gasteiger partial charge in [-0.2, -0.15) is 0 Å². The highest BCUT2D eigenvalue weighted by Crippen LogP contribution is 2.18. The number of methoxy groups -OCH3 is 1. The van der Waals surface area contributed by atoms with Gasteiger partial charge < -0.3 is 9.47 Å². The third-order valence-corrected chi connectivity index (χ3v) is 4.35. The minimum absolute atomic E-state index is 0.0138. The second-order valence-corrected chi connectivity index (χ2v) is 7.42. The van der Waals surface area contributed by atoms with Crippen molar-refractivity contribution in [2.45, 2.75) is 26.7 Å². The fourth-order valence-electron chi connectivity index (χ4n) is 2.49. The number of benzene rings is 2. The molecule has 0 atom stereocenters. The van der Waals surface area contributed by atoms with E-state index in [1.807, 2.05) is 0 Å². The van der Waals surface area contributed by atoms with Crippen LogP contribution < -0.4 is 25.6 Å². The largest absolute Gasteiger partial charge is 0.497 e. The number of carbonyl (C=O) groups excluding carboxylic acids is 2. The predicted molar refractivity (Wildman–Crippen MR) is 119 cm³/mol. The molecule has 0 saturated heterocycles. The SMILES string of the molecule is COc1ccc(CC(=O)NNC(=S)NC(=O)c2ccccc2OCCC(C)C)cc1. The lowest BCUT2D eigenvalue weighted by atomic mass is 10.1. The lowest BCUT2D eigenvalue weighted by molar-refractivity contribution is -0.121. The van der Waals surface area contributed by atoms with Crippen molar-refractivity contribution in [3.8, 4) is 11.5 Å². The predicted octanol–water partition coefficient (Wildman–Crippen LogP) is 3.00. The molecule has 0 fully saturated rings. The Balaban J connectivity index is 1.82. The molecule has 0 unspecified atom stereocenters. The number of ether oxygens (including phenoxy) is 2. The summed E-state index contributed by atoms with van der Waals surface area (Å²) in [5.41, 5.74) is 6.20. The Labute approximate surface area is 182 Å². The second kappa shape index (κ2) is 11.8. The normalized spacial score (nSPS) is 10.3. The van der Waals surface area contributed by atoms with E-state index in [9.17, 15) is 9.59 Å². The number of carbonyl (C=O) groups is 2. The molecule has 2 amide bonds. The average Bonchev–Trinajstić information content (AvgIpc) is 2.73. The zero-order valence-corrected chi connectivity index (χ0v) is 18.2. The molecule has 0 spiro atoms. The van der Waals surface area contributed by atoms with E-state index in [1.165, 1.54) is 0 Å². The Kier molecular flexibility index (Phi) is 9.08. The molecule has 160 valence electrons. The van der Waals surface area contributed by atoms with Crippen LogP contribution >= 0.6 is 12.2 Å². The first-order valence-corrected chi connectivity index (χ1v) is 10.0. The number of thiocarbonyl (C=S) groups is 1. The number of amides is 2. The van der Waals surface area contributed by atoms with Gasteiger partial charge in [0.2, 0.25) is 5.91 Å². The van der Waals surface area contributed by atoms with Crippen LogP contribution in [-0.2, 0) is 11.2 Å². The van der Waals surface area contributed by atoms with E-state index < -0.39 is 5.91 Å². The lowest BCUT2D eigenvalue weighted by Gasteiger charge is -2.14. The van der Waals surface area contributed by atoms with E-state index in [0.717, 1.165) is 17.7 Å². The van der Waals surface area contributed by atoms with Crippen LogP contribution in [0.2, 0.25) is 0 Å². The topological polar surface area (TPSA) is 88.7 Å². The molecule has 0 bridgehead atoms. The summed E-state index contributed by atoms with van der Waals surface area (Å²) in [6, 6.07) is 14.1. The van der Waals surface area contributed by atoms with Gasteiger partial charge in [-0.1, -0.05) is 38.1 Å². The zero-order valence-electron chi connectivity index (χ0n) is 17.4. The van der Waals surface area contributed by atoms with E-state index in [2.05, 4.69) is 30.0 Å².